The molecule has 0 unspecified atom stereocenters. The van der Waals surface area contributed by atoms with Crippen LogP contribution in [0.2, 0.25) is 0 Å². The number of benzene rings is 1. The number of carbonyl (C=O) groups is 1. The molecule has 4 nitrogen and oxygen atoms in total. The van der Waals surface area contributed by atoms with Crippen LogP contribution in [-0.4, -0.2) is 29.9 Å². The molecule has 1 fully saturated rings. The predicted molar refractivity (Wildman–Crippen MR) is 73.7 cm³/mol. The maximum Gasteiger partial charge on any atom is 0.238 e. The van der Waals surface area contributed by atoms with Crippen molar-refractivity contribution in [3.63, 3.8) is 0 Å². The number of hydrogen-bond acceptors (Lipinski definition) is 3. The molecular formula is C14H16ClN3O. The Morgan fingerprint density at radius 3 is 2.84 bits per heavy atom. The molecule has 19 heavy (non-hydrogen) atoms. The second kappa shape index (κ2) is 6.55. The Labute approximate surface area is 117 Å². The van der Waals surface area contributed by atoms with E-state index in [2.05, 4.69) is 16.7 Å². The monoisotopic (exact) mass is 277 g/mol. The molecule has 0 aromatic heterocycles. The molecule has 3 atom stereocenters. The van der Waals surface area contributed by atoms with Gasteiger partial charge in [-0.15, -0.1) is 11.6 Å². The largest absolute Gasteiger partial charge is 0.339 e. The Morgan fingerprint density at radius 2 is 2.26 bits per heavy atom. The number of amides is 1. The normalized spacial score (nSPS) is 23.6. The van der Waals surface area contributed by atoms with Crippen LogP contribution < -0.4 is 10.6 Å². The highest BCUT2D eigenvalue weighted by atomic mass is 35.5. The van der Waals surface area contributed by atoms with Gasteiger partial charge in [-0.25, -0.2) is 0 Å². The van der Waals surface area contributed by atoms with Crippen LogP contribution in [0.5, 0.6) is 0 Å². The van der Waals surface area contributed by atoms with Crippen molar-refractivity contribution in [2.45, 2.75) is 30.3 Å². The Morgan fingerprint density at radius 1 is 1.53 bits per heavy atom. The third kappa shape index (κ3) is 3.95. The lowest BCUT2D eigenvalue weighted by Crippen LogP contribution is -2.45. The van der Waals surface area contributed by atoms with Crippen LogP contribution in [0.1, 0.15) is 12.0 Å². The van der Waals surface area contributed by atoms with Crippen LogP contribution in [0, 0.1) is 11.3 Å². The van der Waals surface area contributed by atoms with Crippen LogP contribution >= 0.6 is 11.6 Å². The molecule has 1 aromatic carbocycles. The minimum absolute atomic E-state index is 0.00888. The van der Waals surface area contributed by atoms with Crippen LogP contribution in [0.15, 0.2) is 30.3 Å². The second-order valence-electron chi connectivity index (χ2n) is 4.67. The molecule has 2 N–H and O–H groups in total. The van der Waals surface area contributed by atoms with Gasteiger partial charge in [0.05, 0.1) is 12.1 Å². The average molecular weight is 278 g/mol. The average Bonchev–Trinajstić information content (AvgIpc) is 2.86. The molecule has 0 bridgehead atoms. The topological polar surface area (TPSA) is 64.9 Å². The molecule has 1 amide bonds. The number of rotatable bonds is 4. The fourth-order valence-corrected chi connectivity index (χ4v) is 2.41. The predicted octanol–water partition coefficient (Wildman–Crippen LogP) is 1.21. The van der Waals surface area contributed by atoms with Gasteiger partial charge in [-0.05, 0) is 12.0 Å². The lowest BCUT2D eigenvalue weighted by atomic mass is 10.1. The van der Waals surface area contributed by atoms with Gasteiger partial charge in [0.2, 0.25) is 5.91 Å². The molecular weight excluding hydrogens is 262 g/mol. The van der Waals surface area contributed by atoms with Crippen molar-refractivity contribution >= 4 is 17.5 Å². The summed E-state index contributed by atoms with van der Waals surface area (Å²) in [7, 11) is 0. The summed E-state index contributed by atoms with van der Waals surface area (Å²) in [6.45, 7) is 0.634. The Hall–Kier alpha value is -1.57. The van der Waals surface area contributed by atoms with E-state index < -0.39 is 6.04 Å². The zero-order chi connectivity index (χ0) is 13.7. The smallest absolute Gasteiger partial charge is 0.238 e. The highest BCUT2D eigenvalue weighted by Gasteiger charge is 2.29. The van der Waals surface area contributed by atoms with Crippen molar-refractivity contribution in [1.82, 2.24) is 10.6 Å². The van der Waals surface area contributed by atoms with Crippen LogP contribution in [0.4, 0.5) is 0 Å². The number of nitriles is 1. The quantitative estimate of drug-likeness (QED) is 0.813. The number of halogens is 1. The van der Waals surface area contributed by atoms with Crippen molar-refractivity contribution in [3.8, 4) is 6.07 Å². The highest BCUT2D eigenvalue weighted by Crippen LogP contribution is 2.12. The van der Waals surface area contributed by atoms with E-state index in [0.717, 1.165) is 5.56 Å². The van der Waals surface area contributed by atoms with E-state index in [0.29, 0.717) is 19.4 Å². The Balaban J connectivity index is 1.89. The third-order valence-electron chi connectivity index (χ3n) is 3.15. The summed E-state index contributed by atoms with van der Waals surface area (Å²) >= 11 is 5.94. The number of carbonyl (C=O) groups excluding carboxylic acids is 1. The molecule has 5 heteroatoms. The van der Waals surface area contributed by atoms with E-state index in [9.17, 15) is 4.79 Å². The number of nitrogens with zero attached hydrogens (tertiary/aromatic N) is 1. The molecule has 1 aliphatic rings. The Bertz CT molecular complexity index is 471. The summed E-state index contributed by atoms with van der Waals surface area (Å²) in [5.41, 5.74) is 1.03. The summed E-state index contributed by atoms with van der Waals surface area (Å²) < 4.78 is 0. The van der Waals surface area contributed by atoms with Gasteiger partial charge in [-0.3, -0.25) is 4.79 Å². The van der Waals surface area contributed by atoms with Crippen LogP contribution in [0.25, 0.3) is 0 Å². The first-order chi connectivity index (χ1) is 9.19. The van der Waals surface area contributed by atoms with Crippen LogP contribution in [0.3, 0.4) is 0 Å². The summed E-state index contributed by atoms with van der Waals surface area (Å²) in [5, 5.41) is 14.9. The van der Waals surface area contributed by atoms with Gasteiger partial charge < -0.3 is 10.6 Å². The van der Waals surface area contributed by atoms with Crippen molar-refractivity contribution in [1.29, 1.82) is 5.26 Å². The first kappa shape index (κ1) is 13.9. The van der Waals surface area contributed by atoms with Gasteiger partial charge >= 0.3 is 0 Å². The molecule has 0 aliphatic carbocycles. The SMILES string of the molecule is N#C[C@H](Cc1ccccc1)NC(=O)[C@@H]1C[C@H](Cl)CN1. The van der Waals surface area contributed by atoms with Gasteiger partial charge in [-0.1, -0.05) is 30.3 Å². The highest BCUT2D eigenvalue weighted by molar-refractivity contribution is 6.21. The molecule has 1 aromatic rings. The number of hydrogen-bond donors (Lipinski definition) is 2. The second-order valence-corrected chi connectivity index (χ2v) is 5.29. The first-order valence-electron chi connectivity index (χ1n) is 6.30. The maximum atomic E-state index is 12.0. The van der Waals surface area contributed by atoms with Gasteiger partial charge in [-0.2, -0.15) is 5.26 Å². The zero-order valence-corrected chi connectivity index (χ0v) is 11.2. The lowest BCUT2D eigenvalue weighted by Gasteiger charge is -2.15. The van der Waals surface area contributed by atoms with E-state index >= 15 is 0 Å². The molecule has 100 valence electrons. The molecule has 2 rings (SSSR count). The third-order valence-corrected chi connectivity index (χ3v) is 3.48. The standard InChI is InChI=1S/C14H16ClN3O/c15-11-7-13(17-9-11)14(19)18-12(8-16)6-10-4-2-1-3-5-10/h1-5,11-13,17H,6-7,9H2,(H,18,19)/t11-,12-,13-/m0/s1. The Kier molecular flexibility index (Phi) is 4.78. The number of nitrogens with one attached hydrogen (secondary N) is 2. The maximum absolute atomic E-state index is 12.0. The molecule has 0 radical (unpaired) electrons. The van der Waals surface area contributed by atoms with E-state index in [1.165, 1.54) is 0 Å². The van der Waals surface area contributed by atoms with Gasteiger partial charge in [0.1, 0.15) is 6.04 Å². The van der Waals surface area contributed by atoms with E-state index in [-0.39, 0.29) is 17.3 Å². The fraction of sp³-hybridized carbons (Fsp3) is 0.429. The van der Waals surface area contributed by atoms with E-state index in [1.807, 2.05) is 30.3 Å². The molecule has 1 aliphatic heterocycles. The van der Waals surface area contributed by atoms with Crippen molar-refractivity contribution < 1.29 is 4.79 Å². The summed E-state index contributed by atoms with van der Waals surface area (Å²) in [5.74, 6) is -0.148. The first-order valence-corrected chi connectivity index (χ1v) is 6.74. The minimum atomic E-state index is -0.508. The molecule has 1 heterocycles. The summed E-state index contributed by atoms with van der Waals surface area (Å²) in [6.07, 6.45) is 1.12. The molecule has 1 saturated heterocycles. The van der Waals surface area contributed by atoms with Gasteiger partial charge in [0.25, 0.3) is 0 Å². The zero-order valence-electron chi connectivity index (χ0n) is 10.5. The van der Waals surface area contributed by atoms with Crippen molar-refractivity contribution in [2.24, 2.45) is 0 Å². The number of alkyl halides is 1. The van der Waals surface area contributed by atoms with Gasteiger partial charge in [0, 0.05) is 18.3 Å². The summed E-state index contributed by atoms with van der Waals surface area (Å²) in [6, 6.07) is 11.0. The van der Waals surface area contributed by atoms with Crippen LogP contribution in [-0.2, 0) is 11.2 Å². The van der Waals surface area contributed by atoms with Crippen molar-refractivity contribution in [3.05, 3.63) is 35.9 Å². The van der Waals surface area contributed by atoms with E-state index in [4.69, 9.17) is 16.9 Å². The van der Waals surface area contributed by atoms with Gasteiger partial charge in [0.15, 0.2) is 0 Å². The van der Waals surface area contributed by atoms with E-state index in [1.54, 1.807) is 0 Å². The lowest BCUT2D eigenvalue weighted by molar-refractivity contribution is -0.123. The molecule has 0 spiro atoms. The van der Waals surface area contributed by atoms with Crippen molar-refractivity contribution in [2.75, 3.05) is 6.54 Å². The fourth-order valence-electron chi connectivity index (χ4n) is 2.14. The minimum Gasteiger partial charge on any atom is -0.339 e. The molecule has 0 saturated carbocycles. The summed E-state index contributed by atoms with van der Waals surface area (Å²) in [4.78, 5) is 12.0.